The Morgan fingerprint density at radius 1 is 1.19 bits per heavy atom. The highest BCUT2D eigenvalue weighted by atomic mass is 32.2. The largest absolute Gasteiger partial charge is 0.486 e. The Morgan fingerprint density at radius 3 is 2.72 bits per heavy atom. The number of terminal acetylenes is 1. The molecule has 0 radical (unpaired) electrons. The highest BCUT2D eigenvalue weighted by Crippen LogP contribution is 2.40. The molecule has 0 bridgehead atoms. The molecular weight excluding hydrogens is 454 g/mol. The van der Waals surface area contributed by atoms with E-state index in [2.05, 4.69) is 30.9 Å². The summed E-state index contributed by atoms with van der Waals surface area (Å²) in [5.41, 5.74) is 7.77. The van der Waals surface area contributed by atoms with E-state index in [1.807, 2.05) is 10.6 Å². The van der Waals surface area contributed by atoms with Crippen LogP contribution in [0.15, 0.2) is 28.5 Å². The number of rotatable bonds is 9. The highest BCUT2D eigenvalue weighted by molar-refractivity contribution is 7.99. The molecule has 0 aliphatic carbocycles. The lowest BCUT2D eigenvalue weighted by atomic mass is 10.2. The minimum absolute atomic E-state index is 0.284. The number of hydrogen-bond donors (Lipinski definition) is 4. The van der Waals surface area contributed by atoms with Crippen LogP contribution in [0, 0.1) is 12.3 Å². The van der Waals surface area contributed by atoms with Crippen LogP contribution in [-0.2, 0) is 17.4 Å². The number of nitrogens with two attached hydrogens (primary N) is 1. The number of nitrogen functional groups attached to an aromatic ring is 1. The molecule has 0 amide bonds. The summed E-state index contributed by atoms with van der Waals surface area (Å²) in [6.45, 7) is 2.82. The summed E-state index contributed by atoms with van der Waals surface area (Å²) in [6.07, 6.45) is 7.13. The summed E-state index contributed by atoms with van der Waals surface area (Å²) in [4.78, 5) is 13.8. The van der Waals surface area contributed by atoms with Crippen LogP contribution in [0.5, 0.6) is 11.5 Å². The average molecular weight is 476 g/mol. The monoisotopic (exact) mass is 475 g/mol. The van der Waals surface area contributed by atoms with Crippen LogP contribution in [0.2, 0.25) is 0 Å². The van der Waals surface area contributed by atoms with E-state index in [-0.39, 0.29) is 5.82 Å². The van der Waals surface area contributed by atoms with Crippen molar-refractivity contribution < 1.29 is 17.9 Å². The molecule has 0 saturated heterocycles. The SMILES string of the molecule is C#Cc1cc2c(cc1Sc1nc3c(N)ncnc3n1CCNCCN[SH](=O)=O)OCCO2. The number of aromatic nitrogens is 4. The summed E-state index contributed by atoms with van der Waals surface area (Å²) < 4.78 is 36.8. The van der Waals surface area contributed by atoms with Gasteiger partial charge in [-0.25, -0.2) is 28.1 Å². The van der Waals surface area contributed by atoms with E-state index >= 15 is 0 Å². The predicted molar refractivity (Wildman–Crippen MR) is 120 cm³/mol. The van der Waals surface area contributed by atoms with E-state index in [4.69, 9.17) is 21.6 Å². The Balaban J connectivity index is 1.60. The second-order valence-corrected chi connectivity index (χ2v) is 8.47. The Morgan fingerprint density at radius 2 is 1.97 bits per heavy atom. The van der Waals surface area contributed by atoms with Gasteiger partial charge in [0.25, 0.3) is 0 Å². The van der Waals surface area contributed by atoms with Crippen LogP contribution >= 0.6 is 11.8 Å². The maximum atomic E-state index is 10.6. The summed E-state index contributed by atoms with van der Waals surface area (Å²) in [5.74, 6) is 4.23. The molecule has 0 unspecified atom stereocenters. The van der Waals surface area contributed by atoms with Gasteiger partial charge < -0.3 is 25.1 Å². The molecule has 11 nitrogen and oxygen atoms in total. The van der Waals surface area contributed by atoms with Gasteiger partial charge in [0.1, 0.15) is 19.5 Å². The molecule has 1 aliphatic heterocycles. The molecule has 0 atom stereocenters. The third kappa shape index (κ3) is 4.89. The van der Waals surface area contributed by atoms with Gasteiger partial charge in [-0.05, 0) is 6.07 Å². The number of nitrogens with one attached hydrogen (secondary N) is 2. The molecule has 0 spiro atoms. The van der Waals surface area contributed by atoms with E-state index in [0.717, 1.165) is 4.90 Å². The number of hydrogen-bond acceptors (Lipinski definition) is 10. The number of nitrogens with zero attached hydrogens (tertiary/aromatic N) is 4. The van der Waals surface area contributed by atoms with Crippen molar-refractivity contribution in [2.45, 2.75) is 16.6 Å². The van der Waals surface area contributed by atoms with Crippen LogP contribution in [0.4, 0.5) is 5.82 Å². The fraction of sp³-hybridized carbons (Fsp3) is 0.316. The first kappa shape index (κ1) is 22.2. The lowest BCUT2D eigenvalue weighted by Crippen LogP contribution is -2.29. The highest BCUT2D eigenvalue weighted by Gasteiger charge is 2.20. The Hall–Kier alpha value is -3.05. The van der Waals surface area contributed by atoms with E-state index < -0.39 is 10.9 Å². The van der Waals surface area contributed by atoms with Crippen LogP contribution in [-0.4, -0.2) is 60.8 Å². The zero-order chi connectivity index (χ0) is 22.5. The fourth-order valence-corrected chi connectivity index (χ4v) is 4.44. The normalized spacial score (nSPS) is 12.9. The van der Waals surface area contributed by atoms with Gasteiger partial charge >= 0.3 is 0 Å². The van der Waals surface area contributed by atoms with Crippen LogP contribution in [0.3, 0.4) is 0 Å². The maximum absolute atomic E-state index is 10.6. The first-order valence-corrected chi connectivity index (χ1v) is 11.7. The maximum Gasteiger partial charge on any atom is 0.201 e. The van der Waals surface area contributed by atoms with Crippen LogP contribution in [0.1, 0.15) is 5.56 Å². The first-order chi connectivity index (χ1) is 15.6. The minimum Gasteiger partial charge on any atom is -0.486 e. The zero-order valence-corrected chi connectivity index (χ0v) is 18.6. The number of imidazole rings is 1. The van der Waals surface area contributed by atoms with Gasteiger partial charge in [-0.2, -0.15) is 0 Å². The third-order valence-electron chi connectivity index (χ3n) is 4.58. The van der Waals surface area contributed by atoms with Crippen molar-refractivity contribution >= 4 is 39.6 Å². The molecule has 13 heteroatoms. The first-order valence-electron chi connectivity index (χ1n) is 9.70. The number of benzene rings is 1. The number of anilines is 1. The topological polar surface area (TPSA) is 146 Å². The molecule has 1 aliphatic rings. The molecule has 0 fully saturated rings. The van der Waals surface area contributed by atoms with Crippen molar-refractivity contribution in [3.8, 4) is 23.8 Å². The van der Waals surface area contributed by atoms with Crippen molar-refractivity contribution in [3.63, 3.8) is 0 Å². The van der Waals surface area contributed by atoms with Gasteiger partial charge in [0.05, 0.1) is 0 Å². The minimum atomic E-state index is -2.60. The van der Waals surface area contributed by atoms with Gasteiger partial charge in [-0.15, -0.1) is 6.42 Å². The Kier molecular flexibility index (Phi) is 6.96. The summed E-state index contributed by atoms with van der Waals surface area (Å²) in [6, 6.07) is 3.63. The van der Waals surface area contributed by atoms with Crippen molar-refractivity contribution in [1.82, 2.24) is 29.6 Å². The Labute approximate surface area is 190 Å². The number of fused-ring (bicyclic) bond motifs is 2. The molecule has 2 aromatic heterocycles. The molecule has 3 aromatic rings. The summed E-state index contributed by atoms with van der Waals surface area (Å²) in [5, 5.41) is 3.82. The van der Waals surface area contributed by atoms with E-state index in [9.17, 15) is 8.42 Å². The van der Waals surface area contributed by atoms with Gasteiger partial charge in [-0.1, -0.05) is 17.7 Å². The lowest BCUT2D eigenvalue weighted by molar-refractivity contribution is 0.171. The second kappa shape index (κ2) is 10.0. The van der Waals surface area contributed by atoms with Gasteiger partial charge in [-0.3, -0.25) is 0 Å². The van der Waals surface area contributed by atoms with Crippen molar-refractivity contribution in [3.05, 3.63) is 24.0 Å². The predicted octanol–water partition coefficient (Wildman–Crippen LogP) is 0.0178. The quantitative estimate of drug-likeness (QED) is 0.190. The molecule has 32 heavy (non-hydrogen) atoms. The summed E-state index contributed by atoms with van der Waals surface area (Å²) in [7, 11) is -2.60. The molecule has 168 valence electrons. The number of ether oxygens (including phenoxy) is 2. The molecular formula is C19H21N7O4S2. The molecule has 3 heterocycles. The third-order valence-corrected chi connectivity index (χ3v) is 6.12. The van der Waals surface area contributed by atoms with E-state index in [1.165, 1.54) is 18.1 Å². The molecule has 4 rings (SSSR count). The van der Waals surface area contributed by atoms with Gasteiger partial charge in [0, 0.05) is 42.7 Å². The lowest BCUT2D eigenvalue weighted by Gasteiger charge is -2.20. The zero-order valence-electron chi connectivity index (χ0n) is 16.9. The van der Waals surface area contributed by atoms with Crippen LogP contribution in [0.25, 0.3) is 11.2 Å². The summed E-state index contributed by atoms with van der Waals surface area (Å²) >= 11 is 1.38. The standard InChI is InChI=1S/C19H21N7O4S2/c1-2-12-9-13-14(30-8-7-29-13)10-15(12)31-19-25-16-17(20)22-11-23-18(16)26(19)6-5-21-3-4-24-32(27)28/h1,9-11,21,32H,3-8H2,(H2,20,22,23)(H,24,27,28). The fourth-order valence-electron chi connectivity index (χ4n) is 3.13. The molecule has 1 aromatic carbocycles. The number of thiol groups is 1. The van der Waals surface area contributed by atoms with E-state index in [1.54, 1.807) is 6.07 Å². The molecule has 0 saturated carbocycles. The van der Waals surface area contributed by atoms with Crippen molar-refractivity contribution in [2.24, 2.45) is 0 Å². The van der Waals surface area contributed by atoms with E-state index in [0.29, 0.717) is 72.8 Å². The van der Waals surface area contributed by atoms with Crippen molar-refractivity contribution in [1.29, 1.82) is 0 Å². The van der Waals surface area contributed by atoms with Crippen molar-refractivity contribution in [2.75, 3.05) is 38.6 Å². The average Bonchev–Trinajstić information content (AvgIpc) is 3.14. The van der Waals surface area contributed by atoms with Crippen LogP contribution < -0.4 is 25.2 Å². The molecule has 4 N–H and O–H groups in total. The Bertz CT molecular complexity index is 1240. The van der Waals surface area contributed by atoms with Gasteiger partial charge in [0.15, 0.2) is 33.6 Å². The smallest absolute Gasteiger partial charge is 0.201 e. The van der Waals surface area contributed by atoms with Gasteiger partial charge in [0.2, 0.25) is 10.9 Å². The second-order valence-electron chi connectivity index (χ2n) is 6.63.